The molecular formula is C20H21NO4. The van der Waals surface area contributed by atoms with E-state index in [1.807, 2.05) is 17.0 Å². The number of hydrogen-bond acceptors (Lipinski definition) is 3. The van der Waals surface area contributed by atoms with Gasteiger partial charge in [-0.3, -0.25) is 4.79 Å². The van der Waals surface area contributed by atoms with Crippen molar-refractivity contribution in [3.05, 3.63) is 64.7 Å². The Labute approximate surface area is 146 Å². The molecule has 2 aromatic carbocycles. The zero-order valence-electron chi connectivity index (χ0n) is 14.2. The Kier molecular flexibility index (Phi) is 5.03. The number of nitrogens with zero attached hydrogens (tertiary/aromatic N) is 1. The highest BCUT2D eigenvalue weighted by molar-refractivity contribution is 5.88. The molecule has 1 aliphatic rings. The maximum atomic E-state index is 12.7. The highest BCUT2D eigenvalue weighted by Crippen LogP contribution is 2.26. The Morgan fingerprint density at radius 2 is 1.88 bits per heavy atom. The van der Waals surface area contributed by atoms with Gasteiger partial charge in [0.15, 0.2) is 0 Å². The fourth-order valence-electron chi connectivity index (χ4n) is 3.28. The molecule has 0 aromatic heterocycles. The molecule has 0 fully saturated rings. The van der Waals surface area contributed by atoms with Gasteiger partial charge in [-0.15, -0.1) is 0 Å². The van der Waals surface area contributed by atoms with E-state index in [0.717, 1.165) is 24.2 Å². The van der Waals surface area contributed by atoms with Crippen molar-refractivity contribution in [2.24, 2.45) is 0 Å². The Morgan fingerprint density at radius 3 is 2.64 bits per heavy atom. The van der Waals surface area contributed by atoms with Gasteiger partial charge in [0.05, 0.1) is 19.1 Å². The van der Waals surface area contributed by atoms with Gasteiger partial charge in [0.2, 0.25) is 5.91 Å². The van der Waals surface area contributed by atoms with E-state index >= 15 is 0 Å². The molecule has 5 heteroatoms. The number of rotatable bonds is 4. The average molecular weight is 339 g/mol. The number of aromatic carboxylic acids is 1. The third-order valence-corrected chi connectivity index (χ3v) is 4.61. The van der Waals surface area contributed by atoms with Gasteiger partial charge >= 0.3 is 5.97 Å². The summed E-state index contributed by atoms with van der Waals surface area (Å²) in [5.41, 5.74) is 3.33. The van der Waals surface area contributed by atoms with Crippen LogP contribution in [0, 0.1) is 0 Å². The number of carbonyl (C=O) groups is 2. The molecule has 1 amide bonds. The Balaban J connectivity index is 1.70. The minimum Gasteiger partial charge on any atom is -0.496 e. The molecule has 0 bridgehead atoms. The van der Waals surface area contributed by atoms with Crippen molar-refractivity contribution >= 4 is 11.9 Å². The summed E-state index contributed by atoms with van der Waals surface area (Å²) in [6.07, 6.45) is 1.78. The van der Waals surface area contributed by atoms with Crippen LogP contribution in [0.2, 0.25) is 0 Å². The SMILES string of the molecule is COc1cccc2c1CCN(C(=O)Cc1cccc(C(=O)O)c1)CC2. The molecule has 0 saturated heterocycles. The molecule has 0 unspecified atom stereocenters. The van der Waals surface area contributed by atoms with Gasteiger partial charge in [0, 0.05) is 13.1 Å². The van der Waals surface area contributed by atoms with Crippen LogP contribution in [0.1, 0.15) is 27.0 Å². The van der Waals surface area contributed by atoms with E-state index < -0.39 is 5.97 Å². The second kappa shape index (κ2) is 7.38. The summed E-state index contributed by atoms with van der Waals surface area (Å²) < 4.78 is 5.44. The van der Waals surface area contributed by atoms with Crippen molar-refractivity contribution in [3.8, 4) is 5.75 Å². The average Bonchev–Trinajstić information content (AvgIpc) is 2.84. The number of carboxylic acids is 1. The third-order valence-electron chi connectivity index (χ3n) is 4.61. The van der Waals surface area contributed by atoms with Crippen molar-refractivity contribution in [2.45, 2.75) is 19.3 Å². The first-order valence-electron chi connectivity index (χ1n) is 8.33. The van der Waals surface area contributed by atoms with Crippen molar-refractivity contribution in [2.75, 3.05) is 20.2 Å². The maximum Gasteiger partial charge on any atom is 0.335 e. The summed E-state index contributed by atoms with van der Waals surface area (Å²) in [6.45, 7) is 1.31. The number of carboxylic acid groups (broad SMARTS) is 1. The first-order chi connectivity index (χ1) is 12.1. The summed E-state index contributed by atoms with van der Waals surface area (Å²) in [5, 5.41) is 9.07. The highest BCUT2D eigenvalue weighted by atomic mass is 16.5. The van der Waals surface area contributed by atoms with Crippen LogP contribution in [0.4, 0.5) is 0 Å². The molecule has 0 atom stereocenters. The summed E-state index contributed by atoms with van der Waals surface area (Å²) in [7, 11) is 1.67. The predicted octanol–water partition coefficient (Wildman–Crippen LogP) is 2.56. The molecule has 2 aromatic rings. The van der Waals surface area contributed by atoms with E-state index in [4.69, 9.17) is 9.84 Å². The van der Waals surface area contributed by atoms with Crippen molar-refractivity contribution < 1.29 is 19.4 Å². The van der Waals surface area contributed by atoms with Gasteiger partial charge in [-0.25, -0.2) is 4.79 Å². The molecule has 0 aliphatic carbocycles. The van der Waals surface area contributed by atoms with Crippen LogP contribution in [0.25, 0.3) is 0 Å². The zero-order valence-corrected chi connectivity index (χ0v) is 14.2. The molecular weight excluding hydrogens is 318 g/mol. The normalized spacial score (nSPS) is 13.7. The topological polar surface area (TPSA) is 66.8 Å². The van der Waals surface area contributed by atoms with Gasteiger partial charge in [-0.05, 0) is 47.7 Å². The van der Waals surface area contributed by atoms with Gasteiger partial charge < -0.3 is 14.7 Å². The molecule has 1 aliphatic heterocycles. The first-order valence-corrected chi connectivity index (χ1v) is 8.33. The van der Waals surface area contributed by atoms with E-state index in [2.05, 4.69) is 6.07 Å². The summed E-state index contributed by atoms with van der Waals surface area (Å²) >= 11 is 0. The fraction of sp³-hybridized carbons (Fsp3) is 0.300. The number of methoxy groups -OCH3 is 1. The van der Waals surface area contributed by atoms with Crippen LogP contribution < -0.4 is 4.74 Å². The number of benzene rings is 2. The summed E-state index contributed by atoms with van der Waals surface area (Å²) in [6, 6.07) is 12.6. The lowest BCUT2D eigenvalue weighted by Crippen LogP contribution is -2.34. The lowest BCUT2D eigenvalue weighted by Gasteiger charge is -2.20. The summed E-state index contributed by atoms with van der Waals surface area (Å²) in [5.74, 6) is -0.0816. The number of ether oxygens (including phenoxy) is 1. The third kappa shape index (κ3) is 3.82. The molecule has 0 saturated carbocycles. The second-order valence-corrected chi connectivity index (χ2v) is 6.16. The Hall–Kier alpha value is -2.82. The van der Waals surface area contributed by atoms with Gasteiger partial charge in [-0.2, -0.15) is 0 Å². The van der Waals surface area contributed by atoms with E-state index in [9.17, 15) is 9.59 Å². The molecule has 0 spiro atoms. The second-order valence-electron chi connectivity index (χ2n) is 6.16. The standard InChI is InChI=1S/C20H21NO4/c1-25-18-7-3-5-15-8-10-21(11-9-17(15)18)19(22)13-14-4-2-6-16(12-14)20(23)24/h2-7,12H,8-11,13H2,1H3,(H,23,24). The number of carbonyl (C=O) groups excluding carboxylic acids is 1. The van der Waals surface area contributed by atoms with Crippen molar-refractivity contribution in [3.63, 3.8) is 0 Å². The van der Waals surface area contributed by atoms with E-state index in [0.29, 0.717) is 13.1 Å². The highest BCUT2D eigenvalue weighted by Gasteiger charge is 2.20. The van der Waals surface area contributed by atoms with Crippen molar-refractivity contribution in [1.29, 1.82) is 0 Å². The lowest BCUT2D eigenvalue weighted by molar-refractivity contribution is -0.130. The molecule has 1 heterocycles. The Morgan fingerprint density at radius 1 is 1.12 bits per heavy atom. The largest absolute Gasteiger partial charge is 0.496 e. The smallest absolute Gasteiger partial charge is 0.335 e. The molecule has 5 nitrogen and oxygen atoms in total. The number of fused-ring (bicyclic) bond motifs is 1. The molecule has 0 radical (unpaired) electrons. The number of amides is 1. The number of hydrogen-bond donors (Lipinski definition) is 1. The van der Waals surface area contributed by atoms with Crippen LogP contribution in [0.3, 0.4) is 0 Å². The molecule has 3 rings (SSSR count). The molecule has 1 N–H and O–H groups in total. The first kappa shape index (κ1) is 17.0. The van der Waals surface area contributed by atoms with Gasteiger partial charge in [-0.1, -0.05) is 24.3 Å². The van der Waals surface area contributed by atoms with Crippen molar-refractivity contribution in [1.82, 2.24) is 4.90 Å². The van der Waals surface area contributed by atoms with Crippen LogP contribution in [0.15, 0.2) is 42.5 Å². The molecule has 130 valence electrons. The minimum absolute atomic E-state index is 0.0225. The summed E-state index contributed by atoms with van der Waals surface area (Å²) in [4.78, 5) is 25.6. The maximum absolute atomic E-state index is 12.7. The molecule has 25 heavy (non-hydrogen) atoms. The van der Waals surface area contributed by atoms with Crippen LogP contribution >= 0.6 is 0 Å². The van der Waals surface area contributed by atoms with Gasteiger partial charge in [0.1, 0.15) is 5.75 Å². The fourth-order valence-corrected chi connectivity index (χ4v) is 3.28. The van der Waals surface area contributed by atoms with E-state index in [-0.39, 0.29) is 17.9 Å². The van der Waals surface area contributed by atoms with Gasteiger partial charge in [0.25, 0.3) is 0 Å². The quantitative estimate of drug-likeness (QED) is 0.930. The Bertz CT molecular complexity index is 800. The van der Waals surface area contributed by atoms with E-state index in [1.54, 1.807) is 25.3 Å². The van der Waals surface area contributed by atoms with Crippen LogP contribution in [0.5, 0.6) is 5.75 Å². The van der Waals surface area contributed by atoms with Crippen LogP contribution in [-0.4, -0.2) is 42.1 Å². The lowest BCUT2D eigenvalue weighted by atomic mass is 10.0. The van der Waals surface area contributed by atoms with E-state index in [1.165, 1.54) is 17.2 Å². The zero-order chi connectivity index (χ0) is 17.8. The minimum atomic E-state index is -0.980. The predicted molar refractivity (Wildman–Crippen MR) is 94.1 cm³/mol. The van der Waals surface area contributed by atoms with Crippen LogP contribution in [-0.2, 0) is 24.1 Å². The monoisotopic (exact) mass is 339 g/mol.